The molecule has 2 aromatic rings. The zero-order valence-electron chi connectivity index (χ0n) is 15.7. The van der Waals surface area contributed by atoms with Crippen LogP contribution in [0.5, 0.6) is 5.75 Å². The number of rotatable bonds is 7. The Hall–Kier alpha value is -2.38. The summed E-state index contributed by atoms with van der Waals surface area (Å²) in [5.41, 5.74) is 3.42. The van der Waals surface area contributed by atoms with E-state index in [2.05, 4.69) is 10.0 Å². The van der Waals surface area contributed by atoms with Crippen LogP contribution in [0.3, 0.4) is 0 Å². The normalized spacial score (nSPS) is 14.0. The second-order valence-corrected chi connectivity index (χ2v) is 8.64. The highest BCUT2D eigenvalue weighted by molar-refractivity contribution is 7.89. The highest BCUT2D eigenvalue weighted by Crippen LogP contribution is 2.25. The van der Waals surface area contributed by atoms with Crippen molar-refractivity contribution in [2.75, 3.05) is 11.9 Å². The Morgan fingerprint density at radius 2 is 1.74 bits per heavy atom. The van der Waals surface area contributed by atoms with Gasteiger partial charge in [-0.3, -0.25) is 4.79 Å². The van der Waals surface area contributed by atoms with E-state index in [-0.39, 0.29) is 23.5 Å². The van der Waals surface area contributed by atoms with Gasteiger partial charge in [-0.25, -0.2) is 13.1 Å². The molecule has 7 heteroatoms. The third-order valence-corrected chi connectivity index (χ3v) is 5.98. The van der Waals surface area contributed by atoms with E-state index in [4.69, 9.17) is 4.74 Å². The molecule has 0 unspecified atom stereocenters. The van der Waals surface area contributed by atoms with Crippen LogP contribution in [-0.2, 0) is 14.8 Å². The van der Waals surface area contributed by atoms with Crippen LogP contribution in [0, 0.1) is 20.8 Å². The molecule has 1 amide bonds. The topological polar surface area (TPSA) is 84.5 Å². The molecule has 0 bridgehead atoms. The van der Waals surface area contributed by atoms with Gasteiger partial charge in [0.1, 0.15) is 5.75 Å². The van der Waals surface area contributed by atoms with E-state index in [1.165, 1.54) is 6.07 Å². The number of carbonyl (C=O) groups excluding carboxylic acids is 1. The number of ether oxygens (including phenoxy) is 1. The van der Waals surface area contributed by atoms with Crippen molar-refractivity contribution in [1.29, 1.82) is 0 Å². The van der Waals surface area contributed by atoms with Gasteiger partial charge >= 0.3 is 0 Å². The lowest BCUT2D eigenvalue weighted by atomic mass is 10.1. The van der Waals surface area contributed by atoms with Crippen molar-refractivity contribution < 1.29 is 17.9 Å². The van der Waals surface area contributed by atoms with Crippen LogP contribution in [0.15, 0.2) is 41.3 Å². The van der Waals surface area contributed by atoms with Gasteiger partial charge < -0.3 is 10.1 Å². The lowest BCUT2D eigenvalue weighted by Gasteiger charge is -2.13. The van der Waals surface area contributed by atoms with E-state index in [0.717, 1.165) is 29.7 Å². The van der Waals surface area contributed by atoms with Gasteiger partial charge in [0.25, 0.3) is 5.91 Å². The van der Waals surface area contributed by atoms with Crippen LogP contribution in [0.1, 0.15) is 29.5 Å². The molecule has 2 aromatic carbocycles. The zero-order valence-corrected chi connectivity index (χ0v) is 16.5. The van der Waals surface area contributed by atoms with Crippen LogP contribution in [-0.4, -0.2) is 27.0 Å². The Kier molecular flexibility index (Phi) is 5.53. The minimum atomic E-state index is -3.50. The molecule has 0 radical (unpaired) electrons. The SMILES string of the molecule is Cc1cc(S(=O)(=O)NC2CC2)ccc1OCC(=O)Nc1c(C)cccc1C. The highest BCUT2D eigenvalue weighted by atomic mass is 32.2. The predicted molar refractivity (Wildman–Crippen MR) is 105 cm³/mol. The summed E-state index contributed by atoms with van der Waals surface area (Å²) in [5.74, 6) is 0.218. The summed E-state index contributed by atoms with van der Waals surface area (Å²) in [7, 11) is -3.50. The maximum Gasteiger partial charge on any atom is 0.262 e. The number of hydrogen-bond donors (Lipinski definition) is 2. The quantitative estimate of drug-likeness (QED) is 0.763. The Morgan fingerprint density at radius 3 is 2.33 bits per heavy atom. The van der Waals surface area contributed by atoms with E-state index >= 15 is 0 Å². The van der Waals surface area contributed by atoms with E-state index in [0.29, 0.717) is 11.3 Å². The van der Waals surface area contributed by atoms with Crippen molar-refractivity contribution in [2.24, 2.45) is 0 Å². The molecule has 1 aliphatic rings. The standard InChI is InChI=1S/C20H24N2O4S/c1-13-5-4-6-14(2)20(13)21-19(23)12-26-18-10-9-17(11-15(18)3)27(24,25)22-16-7-8-16/h4-6,9-11,16,22H,7-8,12H2,1-3H3,(H,21,23). The molecule has 0 atom stereocenters. The van der Waals surface area contributed by atoms with Crippen LogP contribution in [0.2, 0.25) is 0 Å². The van der Waals surface area contributed by atoms with Crippen LogP contribution in [0.25, 0.3) is 0 Å². The molecule has 0 saturated heterocycles. The van der Waals surface area contributed by atoms with Gasteiger partial charge in [-0.05, 0) is 68.5 Å². The number of carbonyl (C=O) groups is 1. The minimum absolute atomic E-state index is 0.0554. The first-order valence-electron chi connectivity index (χ1n) is 8.88. The fourth-order valence-corrected chi connectivity index (χ4v) is 4.16. The van der Waals surface area contributed by atoms with Crippen molar-refractivity contribution in [2.45, 2.75) is 44.6 Å². The van der Waals surface area contributed by atoms with Crippen LogP contribution in [0.4, 0.5) is 5.69 Å². The molecule has 3 rings (SSSR count). The summed E-state index contributed by atoms with van der Waals surface area (Å²) in [6, 6.07) is 10.5. The molecule has 27 heavy (non-hydrogen) atoms. The Labute approximate surface area is 160 Å². The Bertz CT molecular complexity index is 946. The summed E-state index contributed by atoms with van der Waals surface area (Å²) >= 11 is 0. The lowest BCUT2D eigenvalue weighted by molar-refractivity contribution is -0.118. The number of anilines is 1. The number of benzene rings is 2. The van der Waals surface area contributed by atoms with Gasteiger partial charge in [0.2, 0.25) is 10.0 Å². The summed E-state index contributed by atoms with van der Waals surface area (Å²) in [6.45, 7) is 5.47. The first-order chi connectivity index (χ1) is 12.8. The van der Waals surface area contributed by atoms with Crippen LogP contribution >= 0.6 is 0 Å². The number of sulfonamides is 1. The third kappa shape index (κ3) is 4.87. The maximum absolute atomic E-state index is 12.3. The Balaban J connectivity index is 1.63. The molecule has 0 aliphatic heterocycles. The van der Waals surface area contributed by atoms with E-state index < -0.39 is 10.0 Å². The average molecular weight is 388 g/mol. The molecule has 1 fully saturated rings. The second kappa shape index (κ2) is 7.70. The Morgan fingerprint density at radius 1 is 1.07 bits per heavy atom. The number of hydrogen-bond acceptors (Lipinski definition) is 4. The fraction of sp³-hybridized carbons (Fsp3) is 0.350. The second-order valence-electron chi connectivity index (χ2n) is 6.93. The number of amides is 1. The van der Waals surface area contributed by atoms with Gasteiger partial charge in [-0.1, -0.05) is 18.2 Å². The molecular weight excluding hydrogens is 364 g/mol. The van der Waals surface area contributed by atoms with Crippen molar-refractivity contribution in [3.05, 3.63) is 53.1 Å². The fourth-order valence-electron chi connectivity index (χ4n) is 2.77. The highest BCUT2D eigenvalue weighted by Gasteiger charge is 2.28. The van der Waals surface area contributed by atoms with Crippen molar-refractivity contribution in [1.82, 2.24) is 4.72 Å². The summed E-state index contributed by atoms with van der Waals surface area (Å²) in [5, 5.41) is 2.86. The minimum Gasteiger partial charge on any atom is -0.483 e. The first kappa shape index (κ1) is 19.4. The largest absolute Gasteiger partial charge is 0.483 e. The molecule has 1 aliphatic carbocycles. The number of nitrogens with one attached hydrogen (secondary N) is 2. The van der Waals surface area contributed by atoms with Crippen LogP contribution < -0.4 is 14.8 Å². The summed E-state index contributed by atoms with van der Waals surface area (Å²) in [4.78, 5) is 12.4. The molecule has 0 heterocycles. The lowest BCUT2D eigenvalue weighted by Crippen LogP contribution is -2.25. The van der Waals surface area contributed by atoms with E-state index in [1.54, 1.807) is 19.1 Å². The van der Waals surface area contributed by atoms with Gasteiger partial charge in [0.05, 0.1) is 4.90 Å². The monoisotopic (exact) mass is 388 g/mol. The average Bonchev–Trinajstić information content (AvgIpc) is 3.40. The maximum atomic E-state index is 12.3. The van der Waals surface area contributed by atoms with Gasteiger partial charge in [-0.15, -0.1) is 0 Å². The summed E-state index contributed by atoms with van der Waals surface area (Å²) < 4.78 is 32.8. The van der Waals surface area contributed by atoms with Crippen molar-refractivity contribution in [3.63, 3.8) is 0 Å². The molecule has 144 valence electrons. The molecule has 0 aromatic heterocycles. The third-order valence-electron chi connectivity index (χ3n) is 4.46. The smallest absolute Gasteiger partial charge is 0.262 e. The summed E-state index contributed by atoms with van der Waals surface area (Å²) in [6.07, 6.45) is 1.77. The van der Waals surface area contributed by atoms with Gasteiger partial charge in [0, 0.05) is 11.7 Å². The molecular formula is C20H24N2O4S. The van der Waals surface area contributed by atoms with Crippen molar-refractivity contribution in [3.8, 4) is 5.75 Å². The molecule has 6 nitrogen and oxygen atoms in total. The molecule has 1 saturated carbocycles. The van der Waals surface area contributed by atoms with Crippen molar-refractivity contribution >= 4 is 21.6 Å². The van der Waals surface area contributed by atoms with E-state index in [9.17, 15) is 13.2 Å². The van der Waals surface area contributed by atoms with Gasteiger partial charge in [-0.2, -0.15) is 0 Å². The molecule has 0 spiro atoms. The number of aryl methyl sites for hydroxylation is 3. The predicted octanol–water partition coefficient (Wildman–Crippen LogP) is 3.07. The van der Waals surface area contributed by atoms with Gasteiger partial charge in [0.15, 0.2) is 6.61 Å². The van der Waals surface area contributed by atoms with E-state index in [1.807, 2.05) is 32.0 Å². The zero-order chi connectivity index (χ0) is 19.6. The molecule has 2 N–H and O–H groups in total. The number of para-hydroxylation sites is 1. The first-order valence-corrected chi connectivity index (χ1v) is 10.4.